The third-order valence-electron chi connectivity index (χ3n) is 5.89. The van der Waals surface area contributed by atoms with Crippen molar-refractivity contribution < 1.29 is 29.3 Å². The zero-order valence-corrected chi connectivity index (χ0v) is 22.8. The maximum atomic E-state index is 11.8. The summed E-state index contributed by atoms with van der Waals surface area (Å²) in [6.07, 6.45) is 11.3. The SMILES string of the molecule is C=CC(O)c1ccc(/C=C/COC(=O)NCCCCCCNC(=O)OC/C=C/c2ccc(C(O)C=C)cc2)cc1. The molecule has 4 N–H and O–H groups in total. The van der Waals surface area contributed by atoms with E-state index in [1.54, 1.807) is 12.2 Å². The van der Waals surface area contributed by atoms with E-state index in [-0.39, 0.29) is 13.2 Å². The lowest BCUT2D eigenvalue weighted by Crippen LogP contribution is -2.26. The monoisotopic (exact) mass is 548 g/mol. The summed E-state index contributed by atoms with van der Waals surface area (Å²) in [5, 5.41) is 24.9. The van der Waals surface area contributed by atoms with Crippen molar-refractivity contribution in [2.75, 3.05) is 26.3 Å². The Kier molecular flexibility index (Phi) is 15.2. The van der Waals surface area contributed by atoms with Gasteiger partial charge in [-0.2, -0.15) is 0 Å². The minimum Gasteiger partial charge on any atom is -0.445 e. The number of aliphatic hydroxyl groups excluding tert-OH is 2. The second-order valence-electron chi connectivity index (χ2n) is 8.96. The zero-order chi connectivity index (χ0) is 29.0. The minimum absolute atomic E-state index is 0.161. The lowest BCUT2D eigenvalue weighted by molar-refractivity contribution is 0.157. The largest absolute Gasteiger partial charge is 0.445 e. The molecular formula is C32H40N2O6. The maximum absolute atomic E-state index is 11.8. The van der Waals surface area contributed by atoms with Crippen LogP contribution in [0.25, 0.3) is 12.2 Å². The maximum Gasteiger partial charge on any atom is 0.407 e. The highest BCUT2D eigenvalue weighted by molar-refractivity contribution is 5.67. The lowest BCUT2D eigenvalue weighted by Gasteiger charge is -2.07. The fourth-order valence-corrected chi connectivity index (χ4v) is 3.58. The smallest absolute Gasteiger partial charge is 0.407 e. The predicted octanol–water partition coefficient (Wildman–Crippen LogP) is 5.86. The molecule has 2 atom stereocenters. The van der Waals surface area contributed by atoms with Crippen LogP contribution in [-0.2, 0) is 9.47 Å². The number of alkyl carbamates (subject to hydrolysis) is 2. The fraction of sp³-hybridized carbons (Fsp3) is 0.312. The third-order valence-corrected chi connectivity index (χ3v) is 5.89. The van der Waals surface area contributed by atoms with Crippen molar-refractivity contribution in [1.82, 2.24) is 10.6 Å². The van der Waals surface area contributed by atoms with Gasteiger partial charge in [-0.15, -0.1) is 13.2 Å². The van der Waals surface area contributed by atoms with Crippen molar-refractivity contribution in [2.45, 2.75) is 37.9 Å². The molecule has 0 aliphatic heterocycles. The molecule has 2 rings (SSSR count). The van der Waals surface area contributed by atoms with Gasteiger partial charge in [0.05, 0.1) is 12.2 Å². The quantitative estimate of drug-likeness (QED) is 0.145. The predicted molar refractivity (Wildman–Crippen MR) is 158 cm³/mol. The first kappa shape index (κ1) is 32.1. The summed E-state index contributed by atoms with van der Waals surface area (Å²) in [5.41, 5.74) is 3.42. The Labute approximate surface area is 236 Å². The molecule has 0 heterocycles. The Morgan fingerprint density at radius 3 is 1.40 bits per heavy atom. The number of nitrogens with one attached hydrogen (secondary N) is 2. The van der Waals surface area contributed by atoms with Crippen LogP contribution in [0, 0.1) is 0 Å². The molecule has 8 nitrogen and oxygen atoms in total. The van der Waals surface area contributed by atoms with Crippen molar-refractivity contribution in [1.29, 1.82) is 0 Å². The van der Waals surface area contributed by atoms with E-state index in [9.17, 15) is 19.8 Å². The van der Waals surface area contributed by atoms with Crippen molar-refractivity contribution in [3.63, 3.8) is 0 Å². The molecule has 0 spiro atoms. The summed E-state index contributed by atoms with van der Waals surface area (Å²) >= 11 is 0. The summed E-state index contributed by atoms with van der Waals surface area (Å²) in [6, 6.07) is 14.8. The van der Waals surface area contributed by atoms with Crippen molar-refractivity contribution in [2.24, 2.45) is 0 Å². The Bertz CT molecular complexity index is 1020. The molecule has 2 aromatic rings. The summed E-state index contributed by atoms with van der Waals surface area (Å²) in [7, 11) is 0. The van der Waals surface area contributed by atoms with E-state index in [0.717, 1.165) is 47.9 Å². The second-order valence-corrected chi connectivity index (χ2v) is 8.96. The summed E-state index contributed by atoms with van der Waals surface area (Å²) in [5.74, 6) is 0. The van der Waals surface area contributed by atoms with E-state index in [1.807, 2.05) is 60.7 Å². The van der Waals surface area contributed by atoms with Gasteiger partial charge in [0, 0.05) is 13.1 Å². The van der Waals surface area contributed by atoms with Gasteiger partial charge >= 0.3 is 12.2 Å². The molecule has 0 aromatic heterocycles. The highest BCUT2D eigenvalue weighted by Gasteiger charge is 2.03. The van der Waals surface area contributed by atoms with Gasteiger partial charge in [-0.05, 0) is 47.2 Å². The summed E-state index contributed by atoms with van der Waals surface area (Å²) in [4.78, 5) is 23.5. The summed E-state index contributed by atoms with van der Waals surface area (Å²) in [6.45, 7) is 8.50. The van der Waals surface area contributed by atoms with Crippen molar-refractivity contribution in [3.05, 3.63) is 108 Å². The van der Waals surface area contributed by atoms with E-state index in [2.05, 4.69) is 23.8 Å². The first-order chi connectivity index (χ1) is 19.4. The highest BCUT2D eigenvalue weighted by atomic mass is 16.6. The molecule has 40 heavy (non-hydrogen) atoms. The van der Waals surface area contributed by atoms with Gasteiger partial charge < -0.3 is 30.3 Å². The van der Waals surface area contributed by atoms with Crippen LogP contribution in [-0.4, -0.2) is 48.7 Å². The first-order valence-electron chi connectivity index (χ1n) is 13.4. The van der Waals surface area contributed by atoms with Crippen LogP contribution in [0.2, 0.25) is 0 Å². The van der Waals surface area contributed by atoms with Crippen LogP contribution in [0.5, 0.6) is 0 Å². The molecule has 0 aliphatic carbocycles. The van der Waals surface area contributed by atoms with Crippen LogP contribution < -0.4 is 10.6 Å². The number of amides is 2. The molecule has 2 aromatic carbocycles. The molecule has 0 saturated carbocycles. The van der Waals surface area contributed by atoms with E-state index in [1.165, 1.54) is 12.2 Å². The van der Waals surface area contributed by atoms with E-state index in [4.69, 9.17) is 9.47 Å². The molecule has 8 heteroatoms. The molecule has 214 valence electrons. The number of hydrogen-bond acceptors (Lipinski definition) is 6. The Morgan fingerprint density at radius 1 is 0.675 bits per heavy atom. The molecule has 0 saturated heterocycles. The highest BCUT2D eigenvalue weighted by Crippen LogP contribution is 2.16. The number of hydrogen-bond donors (Lipinski definition) is 4. The van der Waals surface area contributed by atoms with Crippen LogP contribution in [0.1, 0.15) is 60.1 Å². The number of carbonyl (C=O) groups excluding carboxylic acids is 2. The van der Waals surface area contributed by atoms with E-state index in [0.29, 0.717) is 13.1 Å². The van der Waals surface area contributed by atoms with Gasteiger partial charge in [0.15, 0.2) is 0 Å². The molecule has 2 amide bonds. The molecule has 0 aliphatic rings. The molecule has 0 fully saturated rings. The van der Waals surface area contributed by atoms with Gasteiger partial charge in [0.2, 0.25) is 0 Å². The normalized spacial score (nSPS) is 12.6. The van der Waals surface area contributed by atoms with Crippen LogP contribution in [0.3, 0.4) is 0 Å². The Hall–Kier alpha value is -4.14. The Balaban J connectivity index is 1.44. The van der Waals surface area contributed by atoms with E-state index >= 15 is 0 Å². The van der Waals surface area contributed by atoms with Crippen molar-refractivity contribution in [3.8, 4) is 0 Å². The molecule has 2 unspecified atom stereocenters. The standard InChI is InChI=1S/C32H40N2O6/c1-3-29(35)27-17-13-25(14-18-27)11-9-23-39-31(37)33-21-7-5-6-8-22-34-32(38)40-24-10-12-26-15-19-28(20-16-26)30(36)4-2/h3-4,9-20,29-30,35-36H,1-2,5-8,21-24H2,(H,33,37)(H,34,38)/b11-9+,12-10+. The minimum atomic E-state index is -0.680. The number of aliphatic hydroxyl groups is 2. The number of ether oxygens (including phenoxy) is 2. The van der Waals surface area contributed by atoms with Gasteiger partial charge in [-0.3, -0.25) is 0 Å². The third kappa shape index (κ3) is 13.1. The van der Waals surface area contributed by atoms with Gasteiger partial charge in [-0.25, -0.2) is 9.59 Å². The average molecular weight is 549 g/mol. The van der Waals surface area contributed by atoms with Gasteiger partial charge in [0.1, 0.15) is 13.2 Å². The number of rotatable bonds is 17. The van der Waals surface area contributed by atoms with Crippen LogP contribution in [0.4, 0.5) is 9.59 Å². The molecular weight excluding hydrogens is 508 g/mol. The van der Waals surface area contributed by atoms with Crippen molar-refractivity contribution >= 4 is 24.3 Å². The molecule has 0 bridgehead atoms. The number of benzene rings is 2. The first-order valence-corrected chi connectivity index (χ1v) is 13.4. The average Bonchev–Trinajstić information content (AvgIpc) is 2.98. The Morgan fingerprint density at radius 2 is 1.05 bits per heavy atom. The lowest BCUT2D eigenvalue weighted by atomic mass is 10.1. The zero-order valence-electron chi connectivity index (χ0n) is 22.8. The second kappa shape index (κ2) is 19.0. The number of carbonyl (C=O) groups is 2. The van der Waals surface area contributed by atoms with E-state index < -0.39 is 24.4 Å². The van der Waals surface area contributed by atoms with Crippen LogP contribution in [0.15, 0.2) is 86.0 Å². The van der Waals surface area contributed by atoms with Gasteiger partial charge in [-0.1, -0.05) is 85.7 Å². The number of unbranched alkanes of at least 4 members (excludes halogenated alkanes) is 3. The topological polar surface area (TPSA) is 117 Å². The van der Waals surface area contributed by atoms with Crippen LogP contribution >= 0.6 is 0 Å². The van der Waals surface area contributed by atoms with Gasteiger partial charge in [0.25, 0.3) is 0 Å². The molecule has 0 radical (unpaired) electrons. The fourth-order valence-electron chi connectivity index (χ4n) is 3.58. The summed E-state index contributed by atoms with van der Waals surface area (Å²) < 4.78 is 10.3.